The Labute approximate surface area is 146 Å². The number of alkyl halides is 6. The Morgan fingerprint density at radius 2 is 1.81 bits per heavy atom. The molecule has 1 aromatic carbocycles. The van der Waals surface area contributed by atoms with E-state index in [1.54, 1.807) is 6.92 Å². The molecule has 1 N–H and O–H groups in total. The molecule has 1 aliphatic carbocycles. The Kier molecular flexibility index (Phi) is 5.46. The van der Waals surface area contributed by atoms with E-state index in [0.29, 0.717) is 0 Å². The van der Waals surface area contributed by atoms with E-state index >= 15 is 0 Å². The molecule has 26 heavy (non-hydrogen) atoms. The van der Waals surface area contributed by atoms with Crippen molar-refractivity contribution in [1.29, 1.82) is 0 Å². The molecule has 2 nitrogen and oxygen atoms in total. The summed E-state index contributed by atoms with van der Waals surface area (Å²) in [5.41, 5.74) is -2.33. The average Bonchev–Trinajstić information content (AvgIpc) is 2.52. The predicted octanol–water partition coefficient (Wildman–Crippen LogP) is 5.21. The topological polar surface area (TPSA) is 29.5 Å². The van der Waals surface area contributed by atoms with Gasteiger partial charge in [0, 0.05) is 5.41 Å². The van der Waals surface area contributed by atoms with Crippen molar-refractivity contribution < 1.29 is 36.2 Å². The summed E-state index contributed by atoms with van der Waals surface area (Å²) in [6.45, 7) is 2.55. The zero-order valence-electron chi connectivity index (χ0n) is 14.1. The van der Waals surface area contributed by atoms with Crippen molar-refractivity contribution in [3.8, 4) is 5.75 Å². The van der Waals surface area contributed by atoms with E-state index in [1.165, 1.54) is 13.0 Å². The standard InChI is InChI=1S/C18H18F6O2/c1-11-9-13(18(22,23)24)3-4-14(11)26-15(10-25)16(2)7-5-12(6-8-16)17(19,20)21/h3-7,9,15,25H,8,10H2,1-2H3. The second kappa shape index (κ2) is 6.98. The minimum Gasteiger partial charge on any atom is -0.487 e. The fourth-order valence-electron chi connectivity index (χ4n) is 2.69. The SMILES string of the molecule is Cc1cc(C(F)(F)F)ccc1OC(CO)C1(C)C=CC(C(F)(F)F)=CC1. The van der Waals surface area contributed by atoms with Gasteiger partial charge in [-0.25, -0.2) is 0 Å². The van der Waals surface area contributed by atoms with Crippen molar-refractivity contribution >= 4 is 0 Å². The second-order valence-corrected chi connectivity index (χ2v) is 6.47. The first-order valence-corrected chi connectivity index (χ1v) is 7.79. The highest BCUT2D eigenvalue weighted by molar-refractivity contribution is 5.38. The normalized spacial score (nSPS) is 22.1. The molecule has 0 spiro atoms. The molecule has 1 aliphatic rings. The first kappa shape index (κ1) is 20.4. The molecule has 0 aliphatic heterocycles. The molecule has 0 fully saturated rings. The van der Waals surface area contributed by atoms with Crippen LogP contribution in [0, 0.1) is 12.3 Å². The first-order valence-electron chi connectivity index (χ1n) is 7.79. The molecule has 0 radical (unpaired) electrons. The van der Waals surface area contributed by atoms with Crippen LogP contribution in [0.2, 0.25) is 0 Å². The van der Waals surface area contributed by atoms with Crippen LogP contribution in [0.1, 0.15) is 24.5 Å². The first-order chi connectivity index (χ1) is 11.9. The molecule has 2 atom stereocenters. The Morgan fingerprint density at radius 3 is 2.23 bits per heavy atom. The van der Waals surface area contributed by atoms with Crippen LogP contribution in [0.25, 0.3) is 0 Å². The largest absolute Gasteiger partial charge is 0.487 e. The molecule has 0 heterocycles. The van der Waals surface area contributed by atoms with Crippen molar-refractivity contribution in [3.05, 3.63) is 53.1 Å². The number of aryl methyl sites for hydroxylation is 1. The Balaban J connectivity index is 2.21. The number of aliphatic hydroxyl groups excluding tert-OH is 1. The van der Waals surface area contributed by atoms with Gasteiger partial charge in [-0.2, -0.15) is 26.3 Å². The fraction of sp³-hybridized carbons (Fsp3) is 0.444. The zero-order valence-corrected chi connectivity index (χ0v) is 14.1. The molecule has 2 unspecified atom stereocenters. The highest BCUT2D eigenvalue weighted by Gasteiger charge is 2.39. The maximum Gasteiger partial charge on any atom is 0.416 e. The monoisotopic (exact) mass is 380 g/mol. The maximum absolute atomic E-state index is 12.7. The maximum atomic E-state index is 12.7. The van der Waals surface area contributed by atoms with E-state index in [0.717, 1.165) is 30.4 Å². The predicted molar refractivity (Wildman–Crippen MR) is 83.7 cm³/mol. The molecule has 0 saturated heterocycles. The lowest BCUT2D eigenvalue weighted by molar-refractivity contribution is -0.137. The van der Waals surface area contributed by atoms with Crippen LogP contribution in [0.5, 0.6) is 5.75 Å². The lowest BCUT2D eigenvalue weighted by Crippen LogP contribution is -2.39. The van der Waals surface area contributed by atoms with E-state index < -0.39 is 41.6 Å². The van der Waals surface area contributed by atoms with Gasteiger partial charge < -0.3 is 9.84 Å². The number of allylic oxidation sites excluding steroid dienone is 3. The molecule has 0 aromatic heterocycles. The fourth-order valence-corrected chi connectivity index (χ4v) is 2.69. The van der Waals surface area contributed by atoms with E-state index in [9.17, 15) is 31.4 Å². The van der Waals surface area contributed by atoms with Crippen molar-refractivity contribution in [3.63, 3.8) is 0 Å². The van der Waals surface area contributed by atoms with Crippen LogP contribution < -0.4 is 4.74 Å². The molecule has 144 valence electrons. The summed E-state index contributed by atoms with van der Waals surface area (Å²) in [6, 6.07) is 2.93. The van der Waals surface area contributed by atoms with E-state index in [4.69, 9.17) is 4.74 Å². The lowest BCUT2D eigenvalue weighted by atomic mass is 9.77. The number of ether oxygens (including phenoxy) is 1. The van der Waals surface area contributed by atoms with Gasteiger partial charge >= 0.3 is 12.4 Å². The van der Waals surface area contributed by atoms with Gasteiger partial charge in [0.15, 0.2) is 0 Å². The van der Waals surface area contributed by atoms with Crippen LogP contribution >= 0.6 is 0 Å². The van der Waals surface area contributed by atoms with Crippen LogP contribution in [0.3, 0.4) is 0 Å². The third-order valence-electron chi connectivity index (χ3n) is 4.41. The number of benzene rings is 1. The summed E-state index contributed by atoms with van der Waals surface area (Å²) in [7, 11) is 0. The third kappa shape index (κ3) is 4.41. The van der Waals surface area contributed by atoms with E-state index in [-0.39, 0.29) is 17.7 Å². The molecular formula is C18H18F6O2. The number of hydrogen-bond acceptors (Lipinski definition) is 2. The quantitative estimate of drug-likeness (QED) is 0.727. The summed E-state index contributed by atoms with van der Waals surface area (Å²) in [5, 5.41) is 9.62. The van der Waals surface area contributed by atoms with Crippen molar-refractivity contribution in [1.82, 2.24) is 0 Å². The second-order valence-electron chi connectivity index (χ2n) is 6.47. The molecule has 1 aromatic rings. The minimum atomic E-state index is -4.49. The van der Waals surface area contributed by atoms with E-state index in [1.807, 2.05) is 0 Å². The van der Waals surface area contributed by atoms with Gasteiger partial charge in [-0.05, 0) is 37.1 Å². The van der Waals surface area contributed by atoms with Gasteiger partial charge in [-0.1, -0.05) is 25.2 Å². The van der Waals surface area contributed by atoms with Crippen molar-refractivity contribution in [2.24, 2.45) is 5.41 Å². The molecule has 0 amide bonds. The van der Waals surface area contributed by atoms with Crippen molar-refractivity contribution in [2.75, 3.05) is 6.61 Å². The van der Waals surface area contributed by atoms with Crippen LogP contribution in [0.15, 0.2) is 42.0 Å². The molecule has 8 heteroatoms. The highest BCUT2D eigenvalue weighted by Crippen LogP contribution is 2.40. The summed E-state index contributed by atoms with van der Waals surface area (Å²) in [6.07, 6.45) is -6.63. The Hall–Kier alpha value is -1.96. The number of hydrogen-bond donors (Lipinski definition) is 1. The molecule has 0 bridgehead atoms. The van der Waals surface area contributed by atoms with Crippen LogP contribution in [-0.2, 0) is 6.18 Å². The Morgan fingerprint density at radius 1 is 1.15 bits per heavy atom. The Bertz CT molecular complexity index is 717. The molecule has 0 saturated carbocycles. The average molecular weight is 380 g/mol. The number of rotatable bonds is 4. The van der Waals surface area contributed by atoms with Gasteiger partial charge in [0.25, 0.3) is 0 Å². The van der Waals surface area contributed by atoms with Gasteiger partial charge in [0.05, 0.1) is 17.7 Å². The molecule has 2 rings (SSSR count). The summed E-state index contributed by atoms with van der Waals surface area (Å²) in [5.74, 6) is 0.136. The van der Waals surface area contributed by atoms with Crippen LogP contribution in [0.4, 0.5) is 26.3 Å². The summed E-state index contributed by atoms with van der Waals surface area (Å²) in [4.78, 5) is 0. The summed E-state index contributed by atoms with van der Waals surface area (Å²) >= 11 is 0. The lowest BCUT2D eigenvalue weighted by Gasteiger charge is -2.36. The van der Waals surface area contributed by atoms with Crippen LogP contribution in [-0.4, -0.2) is 24.0 Å². The third-order valence-corrected chi connectivity index (χ3v) is 4.41. The number of aliphatic hydroxyl groups is 1. The van der Waals surface area contributed by atoms with Crippen molar-refractivity contribution in [2.45, 2.75) is 38.7 Å². The van der Waals surface area contributed by atoms with E-state index in [2.05, 4.69) is 0 Å². The summed E-state index contributed by atoms with van der Waals surface area (Å²) < 4.78 is 82.0. The smallest absolute Gasteiger partial charge is 0.416 e. The number of halogens is 6. The zero-order chi connectivity index (χ0) is 19.8. The van der Waals surface area contributed by atoms with Gasteiger partial charge in [0.2, 0.25) is 0 Å². The van der Waals surface area contributed by atoms with Gasteiger partial charge in [0.1, 0.15) is 11.9 Å². The highest BCUT2D eigenvalue weighted by atomic mass is 19.4. The molecular weight excluding hydrogens is 362 g/mol. The van der Waals surface area contributed by atoms with Gasteiger partial charge in [-0.15, -0.1) is 0 Å². The van der Waals surface area contributed by atoms with Gasteiger partial charge in [-0.3, -0.25) is 0 Å². The minimum absolute atomic E-state index is 0.0246.